The van der Waals surface area contributed by atoms with Gasteiger partial charge in [-0.25, -0.2) is 9.78 Å². The van der Waals surface area contributed by atoms with Gasteiger partial charge < -0.3 is 14.6 Å². The molecule has 0 bridgehead atoms. The molecule has 0 fully saturated rings. The molecule has 0 saturated heterocycles. The fraction of sp³-hybridized carbons (Fsp3) is 0.222. The molecule has 2 heterocycles. The third kappa shape index (κ3) is 2.99. The number of aromatic nitrogens is 2. The molecule has 0 saturated carbocycles. The van der Waals surface area contributed by atoms with E-state index in [1.165, 1.54) is 29.3 Å². The highest BCUT2D eigenvalue weighted by Crippen LogP contribution is 2.28. The lowest BCUT2D eigenvalue weighted by Crippen LogP contribution is -2.17. The lowest BCUT2D eigenvalue weighted by molar-refractivity contribution is 0.0600. The molecule has 0 spiro atoms. The zero-order chi connectivity index (χ0) is 19.0. The van der Waals surface area contributed by atoms with Gasteiger partial charge in [0.05, 0.1) is 29.3 Å². The van der Waals surface area contributed by atoms with Gasteiger partial charge in [-0.2, -0.15) is 0 Å². The molecule has 0 aliphatic carbocycles. The quantitative estimate of drug-likeness (QED) is 0.715. The molecule has 7 nitrogen and oxygen atoms in total. The number of aryl methyl sites for hydroxylation is 3. The summed E-state index contributed by atoms with van der Waals surface area (Å²) in [6.07, 6.45) is 1.44. The number of ether oxygens (including phenoxy) is 1. The lowest BCUT2D eigenvalue weighted by Gasteiger charge is -2.09. The predicted molar refractivity (Wildman–Crippen MR) is 100 cm³/mol. The highest BCUT2D eigenvalue weighted by Gasteiger charge is 2.20. The second-order valence-corrected chi connectivity index (χ2v) is 6.87. The Hall–Kier alpha value is -3.00. The Morgan fingerprint density at radius 3 is 2.69 bits per heavy atom. The van der Waals surface area contributed by atoms with E-state index in [1.54, 1.807) is 32.2 Å². The smallest absolute Gasteiger partial charge is 0.337 e. The van der Waals surface area contributed by atoms with Crippen LogP contribution in [-0.4, -0.2) is 28.5 Å². The maximum Gasteiger partial charge on any atom is 0.337 e. The summed E-state index contributed by atoms with van der Waals surface area (Å²) in [6, 6.07) is 4.94. The van der Waals surface area contributed by atoms with Crippen molar-refractivity contribution in [3.8, 4) is 0 Å². The van der Waals surface area contributed by atoms with E-state index in [9.17, 15) is 14.4 Å². The molecule has 2 aromatic heterocycles. The number of benzene rings is 1. The Balaban J connectivity index is 2.00. The summed E-state index contributed by atoms with van der Waals surface area (Å²) in [5.74, 6) is -0.830. The van der Waals surface area contributed by atoms with Gasteiger partial charge in [-0.3, -0.25) is 9.59 Å². The van der Waals surface area contributed by atoms with Crippen molar-refractivity contribution < 1.29 is 14.3 Å². The number of thiophene rings is 1. The molecule has 3 rings (SSSR count). The van der Waals surface area contributed by atoms with Crippen molar-refractivity contribution in [2.24, 2.45) is 7.05 Å². The van der Waals surface area contributed by atoms with Crippen molar-refractivity contribution in [1.82, 2.24) is 9.55 Å². The van der Waals surface area contributed by atoms with Gasteiger partial charge in [0, 0.05) is 12.7 Å². The molecule has 0 aliphatic rings. The van der Waals surface area contributed by atoms with Crippen LogP contribution < -0.4 is 10.9 Å². The van der Waals surface area contributed by atoms with Crippen LogP contribution in [0.3, 0.4) is 0 Å². The molecule has 26 heavy (non-hydrogen) atoms. The Morgan fingerprint density at radius 2 is 2.00 bits per heavy atom. The van der Waals surface area contributed by atoms with Gasteiger partial charge in [0.15, 0.2) is 0 Å². The van der Waals surface area contributed by atoms with E-state index < -0.39 is 5.97 Å². The second kappa shape index (κ2) is 6.72. The maximum absolute atomic E-state index is 12.8. The Bertz CT molecular complexity index is 1100. The molecule has 0 unspecified atom stereocenters. The van der Waals surface area contributed by atoms with E-state index in [4.69, 9.17) is 4.74 Å². The number of methoxy groups -OCH3 is 1. The van der Waals surface area contributed by atoms with Crippen LogP contribution >= 0.6 is 11.3 Å². The van der Waals surface area contributed by atoms with E-state index in [0.717, 1.165) is 5.56 Å². The molecular weight excluding hydrogens is 354 g/mol. The summed E-state index contributed by atoms with van der Waals surface area (Å²) in [4.78, 5) is 41.9. The van der Waals surface area contributed by atoms with E-state index in [-0.39, 0.29) is 11.5 Å². The van der Waals surface area contributed by atoms with Crippen LogP contribution in [-0.2, 0) is 11.8 Å². The molecule has 0 atom stereocenters. The third-order valence-electron chi connectivity index (χ3n) is 4.12. The van der Waals surface area contributed by atoms with Crippen molar-refractivity contribution in [2.75, 3.05) is 12.4 Å². The van der Waals surface area contributed by atoms with Crippen LogP contribution in [0, 0.1) is 13.8 Å². The molecule has 134 valence electrons. The minimum absolute atomic E-state index is 0.188. The highest BCUT2D eigenvalue weighted by atomic mass is 32.1. The second-order valence-electron chi connectivity index (χ2n) is 5.87. The number of amides is 1. The number of fused-ring (bicyclic) bond motifs is 1. The van der Waals surface area contributed by atoms with Crippen molar-refractivity contribution in [2.45, 2.75) is 13.8 Å². The van der Waals surface area contributed by atoms with E-state index >= 15 is 0 Å². The van der Waals surface area contributed by atoms with Gasteiger partial charge in [0.2, 0.25) is 0 Å². The Labute approximate surface area is 153 Å². The van der Waals surface area contributed by atoms with Gasteiger partial charge >= 0.3 is 5.97 Å². The molecule has 3 aromatic rings. The summed E-state index contributed by atoms with van der Waals surface area (Å²) in [5, 5.41) is 3.26. The first-order valence-electron chi connectivity index (χ1n) is 7.78. The summed E-state index contributed by atoms with van der Waals surface area (Å²) < 4.78 is 6.09. The molecule has 8 heteroatoms. The standard InChI is InChI=1S/C18H17N3O4S/c1-9-5-6-11(18(24)25-4)7-12(9)20-15(22)14-10(2)13-16(26-14)19-8-21(3)17(13)23/h5-8H,1-4H3,(H,20,22). The van der Waals surface area contributed by atoms with Crippen molar-refractivity contribution >= 4 is 39.1 Å². The maximum atomic E-state index is 12.8. The molecular formula is C18H17N3O4S. The summed E-state index contributed by atoms with van der Waals surface area (Å²) in [5.41, 5.74) is 2.07. The number of carbonyl (C=O) groups is 2. The molecule has 1 N–H and O–H groups in total. The fourth-order valence-corrected chi connectivity index (χ4v) is 3.64. The van der Waals surface area contributed by atoms with Gasteiger partial charge in [0.25, 0.3) is 11.5 Å². The van der Waals surface area contributed by atoms with Crippen molar-refractivity contribution in [3.05, 3.63) is 56.4 Å². The number of anilines is 1. The molecule has 1 amide bonds. The fourth-order valence-electron chi connectivity index (χ4n) is 2.61. The summed E-state index contributed by atoms with van der Waals surface area (Å²) >= 11 is 1.17. The van der Waals surface area contributed by atoms with Gasteiger partial charge in [-0.05, 0) is 37.1 Å². The minimum Gasteiger partial charge on any atom is -0.465 e. The third-order valence-corrected chi connectivity index (χ3v) is 5.32. The van der Waals surface area contributed by atoms with E-state index in [1.807, 2.05) is 6.92 Å². The Morgan fingerprint density at radius 1 is 1.27 bits per heavy atom. The zero-order valence-corrected chi connectivity index (χ0v) is 15.6. The Kier molecular flexibility index (Phi) is 4.60. The summed E-state index contributed by atoms with van der Waals surface area (Å²) in [7, 11) is 2.92. The normalized spacial score (nSPS) is 10.8. The number of hydrogen-bond acceptors (Lipinski definition) is 6. The average Bonchev–Trinajstić information content (AvgIpc) is 2.96. The monoisotopic (exact) mass is 371 g/mol. The van der Waals surface area contributed by atoms with Gasteiger partial charge in [0.1, 0.15) is 4.83 Å². The molecule has 1 aromatic carbocycles. The first kappa shape index (κ1) is 17.8. The minimum atomic E-state index is -0.480. The predicted octanol–water partition coefficient (Wildman–Crippen LogP) is 2.65. The van der Waals surface area contributed by atoms with Crippen LogP contribution in [0.4, 0.5) is 5.69 Å². The van der Waals surface area contributed by atoms with Gasteiger partial charge in [-0.15, -0.1) is 11.3 Å². The molecule has 0 aliphatic heterocycles. The number of nitrogens with one attached hydrogen (secondary N) is 1. The number of hydrogen-bond donors (Lipinski definition) is 1. The zero-order valence-electron chi connectivity index (χ0n) is 14.7. The van der Waals surface area contributed by atoms with Crippen molar-refractivity contribution in [1.29, 1.82) is 0 Å². The first-order chi connectivity index (χ1) is 12.3. The molecule has 0 radical (unpaired) electrons. The van der Waals surface area contributed by atoms with Crippen LogP contribution in [0.5, 0.6) is 0 Å². The number of carbonyl (C=O) groups excluding carboxylic acids is 2. The highest BCUT2D eigenvalue weighted by molar-refractivity contribution is 7.20. The first-order valence-corrected chi connectivity index (χ1v) is 8.60. The number of rotatable bonds is 3. The van der Waals surface area contributed by atoms with Crippen LogP contribution in [0.1, 0.15) is 31.2 Å². The average molecular weight is 371 g/mol. The van der Waals surface area contributed by atoms with Crippen LogP contribution in [0.15, 0.2) is 29.3 Å². The van der Waals surface area contributed by atoms with Gasteiger partial charge in [-0.1, -0.05) is 6.07 Å². The number of nitrogens with zero attached hydrogens (tertiary/aromatic N) is 2. The van der Waals surface area contributed by atoms with E-state index in [2.05, 4.69) is 10.3 Å². The largest absolute Gasteiger partial charge is 0.465 e. The van der Waals surface area contributed by atoms with Crippen molar-refractivity contribution in [3.63, 3.8) is 0 Å². The van der Waals surface area contributed by atoms with E-state index in [0.29, 0.717) is 31.9 Å². The lowest BCUT2D eigenvalue weighted by atomic mass is 10.1. The number of esters is 1. The summed E-state index contributed by atoms with van der Waals surface area (Å²) in [6.45, 7) is 3.56. The van der Waals surface area contributed by atoms with Crippen LogP contribution in [0.2, 0.25) is 0 Å². The topological polar surface area (TPSA) is 90.3 Å². The SMILES string of the molecule is COC(=O)c1ccc(C)c(NC(=O)c2sc3ncn(C)c(=O)c3c2C)c1. The van der Waals surface area contributed by atoms with Crippen LogP contribution in [0.25, 0.3) is 10.2 Å².